The van der Waals surface area contributed by atoms with Gasteiger partial charge >= 0.3 is 0 Å². The van der Waals surface area contributed by atoms with E-state index in [0.717, 1.165) is 38.4 Å². The van der Waals surface area contributed by atoms with Gasteiger partial charge in [0.15, 0.2) is 0 Å². The molecule has 0 radical (unpaired) electrons. The summed E-state index contributed by atoms with van der Waals surface area (Å²) >= 11 is 0. The summed E-state index contributed by atoms with van der Waals surface area (Å²) in [7, 11) is 2.02. The van der Waals surface area contributed by atoms with Crippen LogP contribution in [0.3, 0.4) is 0 Å². The predicted octanol–water partition coefficient (Wildman–Crippen LogP) is 1.65. The first-order chi connectivity index (χ1) is 10.3. The lowest BCUT2D eigenvalue weighted by molar-refractivity contribution is -0.0179. The van der Waals surface area contributed by atoms with E-state index in [1.54, 1.807) is 0 Å². The smallest absolute Gasteiger partial charge is 0.139 e. The number of nitrogens with one attached hydrogen (secondary N) is 1. The third-order valence-electron chi connectivity index (χ3n) is 4.08. The summed E-state index contributed by atoms with van der Waals surface area (Å²) in [6.45, 7) is 4.62. The zero-order valence-electron chi connectivity index (χ0n) is 12.7. The lowest BCUT2D eigenvalue weighted by Crippen LogP contribution is -2.40. The number of hydrogen-bond donors (Lipinski definition) is 1. The van der Waals surface area contributed by atoms with Gasteiger partial charge in [-0.1, -0.05) is 0 Å². The van der Waals surface area contributed by atoms with Crippen LogP contribution >= 0.6 is 0 Å². The van der Waals surface area contributed by atoms with Crippen molar-refractivity contribution in [2.24, 2.45) is 7.05 Å². The third kappa shape index (κ3) is 3.01. The van der Waals surface area contributed by atoms with Crippen molar-refractivity contribution in [1.29, 1.82) is 0 Å². The van der Waals surface area contributed by atoms with Crippen molar-refractivity contribution in [2.75, 3.05) is 6.61 Å². The number of aromatic nitrogens is 4. The average molecular weight is 289 g/mol. The topological polar surface area (TPSA) is 56.9 Å². The minimum atomic E-state index is 0.0248. The lowest BCUT2D eigenvalue weighted by atomic mass is 10.0. The van der Waals surface area contributed by atoms with Crippen LogP contribution in [0.1, 0.15) is 37.4 Å². The molecule has 1 aliphatic rings. The highest BCUT2D eigenvalue weighted by Crippen LogP contribution is 2.27. The van der Waals surface area contributed by atoms with Crippen LogP contribution in [-0.4, -0.2) is 32.0 Å². The molecule has 0 amide bonds. The first-order valence-corrected chi connectivity index (χ1v) is 7.62. The van der Waals surface area contributed by atoms with Crippen molar-refractivity contribution >= 4 is 0 Å². The third-order valence-corrected chi connectivity index (χ3v) is 4.08. The van der Waals surface area contributed by atoms with Crippen molar-refractivity contribution in [3.8, 4) is 0 Å². The molecule has 2 aromatic heterocycles. The number of imidazole rings is 1. The maximum Gasteiger partial charge on any atom is 0.139 e. The van der Waals surface area contributed by atoms with E-state index in [4.69, 9.17) is 4.74 Å². The minimum Gasteiger partial charge on any atom is -0.369 e. The van der Waals surface area contributed by atoms with Gasteiger partial charge in [-0.05, 0) is 25.8 Å². The van der Waals surface area contributed by atoms with Gasteiger partial charge in [-0.15, -0.1) is 0 Å². The number of hydrogen-bond acceptors (Lipinski definition) is 4. The minimum absolute atomic E-state index is 0.0248. The Kier molecular flexibility index (Phi) is 4.36. The average Bonchev–Trinajstić information content (AvgIpc) is 3.13. The number of rotatable bonds is 5. The van der Waals surface area contributed by atoms with Crippen molar-refractivity contribution in [2.45, 2.75) is 45.0 Å². The molecule has 0 bridgehead atoms. The molecule has 2 atom stereocenters. The summed E-state index contributed by atoms with van der Waals surface area (Å²) < 4.78 is 10.0. The maximum atomic E-state index is 5.97. The highest BCUT2D eigenvalue weighted by Gasteiger charge is 2.30. The molecular formula is C15H23N5O. The zero-order chi connectivity index (χ0) is 14.7. The molecule has 3 heterocycles. The van der Waals surface area contributed by atoms with Crippen LogP contribution in [0, 0.1) is 0 Å². The molecule has 6 nitrogen and oxygen atoms in total. The van der Waals surface area contributed by atoms with Crippen molar-refractivity contribution in [3.63, 3.8) is 0 Å². The Hall–Kier alpha value is -1.66. The zero-order valence-corrected chi connectivity index (χ0v) is 12.7. The van der Waals surface area contributed by atoms with Crippen LogP contribution in [0.2, 0.25) is 0 Å². The summed E-state index contributed by atoms with van der Waals surface area (Å²) in [6, 6.07) is 2.36. The second-order valence-corrected chi connectivity index (χ2v) is 5.46. The summed E-state index contributed by atoms with van der Waals surface area (Å²) in [5.41, 5.74) is 1.21. The molecule has 0 saturated carbocycles. The van der Waals surface area contributed by atoms with Gasteiger partial charge in [0.1, 0.15) is 11.9 Å². The van der Waals surface area contributed by atoms with Gasteiger partial charge in [0, 0.05) is 51.4 Å². The Balaban J connectivity index is 1.69. The Bertz CT molecular complexity index is 576. The lowest BCUT2D eigenvalue weighted by Gasteiger charge is -2.32. The standard InChI is InChI=1S/C15H23N5O/c1-3-20-12(6-7-18-20)11-17-13-5-4-10-21-14(13)15-16-8-9-19(15)2/h6-9,13-14,17H,3-5,10-11H2,1-2H3/t13-,14-/m0/s1. The first kappa shape index (κ1) is 14.3. The fraction of sp³-hybridized carbons (Fsp3) is 0.600. The van der Waals surface area contributed by atoms with Crippen LogP contribution in [0.4, 0.5) is 0 Å². The first-order valence-electron chi connectivity index (χ1n) is 7.62. The maximum absolute atomic E-state index is 5.97. The van der Waals surface area contributed by atoms with Crippen LogP contribution in [-0.2, 0) is 24.9 Å². The molecule has 1 fully saturated rings. The second-order valence-electron chi connectivity index (χ2n) is 5.46. The summed E-state index contributed by atoms with van der Waals surface area (Å²) in [4.78, 5) is 4.45. The Morgan fingerprint density at radius 2 is 2.33 bits per heavy atom. The van der Waals surface area contributed by atoms with Gasteiger partial charge in [-0.25, -0.2) is 4.98 Å². The van der Waals surface area contributed by atoms with E-state index in [-0.39, 0.29) is 6.10 Å². The van der Waals surface area contributed by atoms with Crippen molar-refractivity contribution < 1.29 is 4.74 Å². The fourth-order valence-electron chi connectivity index (χ4n) is 2.93. The molecule has 0 spiro atoms. The van der Waals surface area contributed by atoms with E-state index >= 15 is 0 Å². The summed E-state index contributed by atoms with van der Waals surface area (Å²) in [5.74, 6) is 0.996. The van der Waals surface area contributed by atoms with Crippen molar-refractivity contribution in [1.82, 2.24) is 24.6 Å². The Morgan fingerprint density at radius 1 is 1.43 bits per heavy atom. The van der Waals surface area contributed by atoms with Crippen LogP contribution in [0.15, 0.2) is 24.7 Å². The van der Waals surface area contributed by atoms with E-state index in [9.17, 15) is 0 Å². The molecule has 0 aromatic carbocycles. The van der Waals surface area contributed by atoms with Gasteiger partial charge < -0.3 is 14.6 Å². The molecule has 0 aliphatic carbocycles. The Morgan fingerprint density at radius 3 is 3.10 bits per heavy atom. The van der Waals surface area contributed by atoms with E-state index in [2.05, 4.69) is 28.4 Å². The second kappa shape index (κ2) is 6.41. The van der Waals surface area contributed by atoms with E-state index in [0.29, 0.717) is 6.04 Å². The number of ether oxygens (including phenoxy) is 1. The molecule has 21 heavy (non-hydrogen) atoms. The van der Waals surface area contributed by atoms with E-state index in [1.807, 2.05) is 34.9 Å². The van der Waals surface area contributed by atoms with Crippen LogP contribution in [0.5, 0.6) is 0 Å². The molecule has 1 aliphatic heterocycles. The molecule has 3 rings (SSSR count). The monoisotopic (exact) mass is 289 g/mol. The fourth-order valence-corrected chi connectivity index (χ4v) is 2.93. The quantitative estimate of drug-likeness (QED) is 0.909. The molecule has 1 N–H and O–H groups in total. The number of nitrogens with zero attached hydrogens (tertiary/aromatic N) is 4. The van der Waals surface area contributed by atoms with Gasteiger partial charge in [-0.2, -0.15) is 5.10 Å². The Labute approximate surface area is 125 Å². The van der Waals surface area contributed by atoms with E-state index < -0.39 is 0 Å². The molecule has 2 aromatic rings. The van der Waals surface area contributed by atoms with Crippen LogP contribution < -0.4 is 5.32 Å². The van der Waals surface area contributed by atoms with Gasteiger partial charge in [-0.3, -0.25) is 4.68 Å². The molecule has 6 heteroatoms. The van der Waals surface area contributed by atoms with Gasteiger partial charge in [0.25, 0.3) is 0 Å². The normalized spacial score (nSPS) is 22.6. The van der Waals surface area contributed by atoms with Crippen LogP contribution in [0.25, 0.3) is 0 Å². The highest BCUT2D eigenvalue weighted by atomic mass is 16.5. The van der Waals surface area contributed by atoms with Crippen molar-refractivity contribution in [3.05, 3.63) is 36.2 Å². The SMILES string of the molecule is CCn1nccc1CN[C@H]1CCCO[C@@H]1c1nccn1C. The number of aryl methyl sites for hydroxylation is 2. The summed E-state index contributed by atoms with van der Waals surface area (Å²) in [5, 5.41) is 7.94. The molecule has 0 unspecified atom stereocenters. The van der Waals surface area contributed by atoms with Gasteiger partial charge in [0.2, 0.25) is 0 Å². The predicted molar refractivity (Wildman–Crippen MR) is 79.7 cm³/mol. The largest absolute Gasteiger partial charge is 0.369 e. The highest BCUT2D eigenvalue weighted by molar-refractivity contribution is 5.04. The molecular weight excluding hydrogens is 266 g/mol. The van der Waals surface area contributed by atoms with Gasteiger partial charge in [0.05, 0.1) is 5.69 Å². The molecule has 114 valence electrons. The summed E-state index contributed by atoms with van der Waals surface area (Å²) in [6.07, 6.45) is 7.88. The van der Waals surface area contributed by atoms with E-state index in [1.165, 1.54) is 5.69 Å². The molecule has 1 saturated heterocycles.